The number of hydrogen-bond acceptors (Lipinski definition) is 3. The third kappa shape index (κ3) is 3.92. The fraction of sp³-hybridized carbons (Fsp3) is 0.125. The summed E-state index contributed by atoms with van der Waals surface area (Å²) in [5.74, 6) is -0.189. The van der Waals surface area contributed by atoms with E-state index < -0.39 is 0 Å². The summed E-state index contributed by atoms with van der Waals surface area (Å²) in [5.41, 5.74) is 5.70. The van der Waals surface area contributed by atoms with Crippen molar-refractivity contribution in [2.24, 2.45) is 5.10 Å². The zero-order chi connectivity index (χ0) is 15.4. The van der Waals surface area contributed by atoms with Crippen molar-refractivity contribution in [2.45, 2.75) is 13.8 Å². The van der Waals surface area contributed by atoms with Crippen LogP contribution in [0, 0.1) is 13.8 Å². The Labute approximate surface area is 131 Å². The van der Waals surface area contributed by atoms with E-state index in [1.807, 2.05) is 26.0 Å². The molecule has 0 aromatic heterocycles. The van der Waals surface area contributed by atoms with Gasteiger partial charge < -0.3 is 5.11 Å². The molecule has 0 aliphatic heterocycles. The van der Waals surface area contributed by atoms with Crippen LogP contribution >= 0.6 is 15.9 Å². The number of hydrazone groups is 1. The highest BCUT2D eigenvalue weighted by Gasteiger charge is 2.05. The topological polar surface area (TPSA) is 61.7 Å². The van der Waals surface area contributed by atoms with Crippen molar-refractivity contribution in [1.82, 2.24) is 5.43 Å². The molecule has 0 radical (unpaired) electrons. The minimum atomic E-state index is -0.288. The number of rotatable bonds is 3. The van der Waals surface area contributed by atoms with Crippen LogP contribution in [0.3, 0.4) is 0 Å². The molecule has 5 heteroatoms. The maximum atomic E-state index is 12.0. The highest BCUT2D eigenvalue weighted by Crippen LogP contribution is 2.19. The van der Waals surface area contributed by atoms with Gasteiger partial charge in [0.15, 0.2) is 0 Å². The van der Waals surface area contributed by atoms with Gasteiger partial charge in [-0.3, -0.25) is 4.79 Å². The van der Waals surface area contributed by atoms with E-state index in [1.165, 1.54) is 6.21 Å². The summed E-state index contributed by atoms with van der Waals surface area (Å²) in [6.07, 6.45) is 1.40. The molecule has 0 heterocycles. The number of nitrogens with one attached hydrogen (secondary N) is 1. The summed E-state index contributed by atoms with van der Waals surface area (Å²) < 4.78 is 0.822. The van der Waals surface area contributed by atoms with Gasteiger partial charge in [0, 0.05) is 15.6 Å². The Morgan fingerprint density at radius 3 is 2.67 bits per heavy atom. The van der Waals surface area contributed by atoms with Crippen LogP contribution in [0.15, 0.2) is 46.0 Å². The largest absolute Gasteiger partial charge is 0.507 e. The molecule has 0 spiro atoms. The van der Waals surface area contributed by atoms with Crippen LogP contribution in [-0.4, -0.2) is 17.2 Å². The van der Waals surface area contributed by atoms with E-state index >= 15 is 0 Å². The summed E-state index contributed by atoms with van der Waals surface area (Å²) in [6, 6.07) is 10.5. The molecule has 0 fully saturated rings. The van der Waals surface area contributed by atoms with Crippen molar-refractivity contribution in [2.75, 3.05) is 0 Å². The predicted octanol–water partition coefficient (Wildman–Crippen LogP) is 3.54. The lowest BCUT2D eigenvalue weighted by atomic mass is 10.1. The smallest absolute Gasteiger partial charge is 0.271 e. The van der Waals surface area contributed by atoms with Gasteiger partial charge in [0.2, 0.25) is 0 Å². The second-order valence-corrected chi connectivity index (χ2v) is 5.62. The van der Waals surface area contributed by atoms with Gasteiger partial charge >= 0.3 is 0 Å². The van der Waals surface area contributed by atoms with Crippen LogP contribution in [0.2, 0.25) is 0 Å². The number of benzene rings is 2. The number of halogens is 1. The summed E-state index contributed by atoms with van der Waals surface area (Å²) in [7, 11) is 0. The lowest BCUT2D eigenvalue weighted by Gasteiger charge is -2.04. The first kappa shape index (κ1) is 15.3. The van der Waals surface area contributed by atoms with Gasteiger partial charge in [-0.05, 0) is 55.3 Å². The van der Waals surface area contributed by atoms with E-state index in [9.17, 15) is 9.90 Å². The van der Waals surface area contributed by atoms with Gasteiger partial charge in [0.1, 0.15) is 5.75 Å². The number of carbonyl (C=O) groups excluding carboxylic acids is 1. The van der Waals surface area contributed by atoms with E-state index in [1.54, 1.807) is 24.3 Å². The van der Waals surface area contributed by atoms with Gasteiger partial charge in [0.25, 0.3) is 5.91 Å². The Hall–Kier alpha value is -2.14. The minimum Gasteiger partial charge on any atom is -0.507 e. The molecule has 0 atom stereocenters. The molecule has 0 aliphatic rings. The fourth-order valence-electron chi connectivity index (χ4n) is 1.74. The molecule has 1 amide bonds. The number of hydrogen-bond donors (Lipinski definition) is 2. The van der Waals surface area contributed by atoms with Crippen LogP contribution in [0.4, 0.5) is 0 Å². The van der Waals surface area contributed by atoms with Crippen LogP contribution in [-0.2, 0) is 0 Å². The first-order valence-electron chi connectivity index (χ1n) is 6.36. The van der Waals surface area contributed by atoms with Crippen molar-refractivity contribution in [1.29, 1.82) is 0 Å². The second kappa shape index (κ2) is 6.54. The number of carbonyl (C=O) groups is 1. The Bertz CT molecular complexity index is 711. The van der Waals surface area contributed by atoms with Crippen molar-refractivity contribution in [3.05, 3.63) is 63.1 Å². The maximum Gasteiger partial charge on any atom is 0.271 e. The van der Waals surface area contributed by atoms with Crippen molar-refractivity contribution in [3.8, 4) is 5.75 Å². The lowest BCUT2D eigenvalue weighted by molar-refractivity contribution is 0.0955. The van der Waals surface area contributed by atoms with E-state index in [0.717, 1.165) is 15.6 Å². The summed E-state index contributed by atoms with van der Waals surface area (Å²) in [6.45, 7) is 3.94. The normalized spacial score (nSPS) is 10.8. The molecular formula is C16H15BrN2O2. The molecular weight excluding hydrogens is 332 g/mol. The molecule has 2 aromatic rings. The highest BCUT2D eigenvalue weighted by molar-refractivity contribution is 9.10. The number of phenolic OH excluding ortho intramolecular Hbond substituents is 1. The third-order valence-corrected chi connectivity index (χ3v) is 3.62. The molecule has 21 heavy (non-hydrogen) atoms. The summed E-state index contributed by atoms with van der Waals surface area (Å²) in [5, 5.41) is 13.5. The van der Waals surface area contributed by atoms with Crippen LogP contribution < -0.4 is 5.43 Å². The molecule has 2 aromatic carbocycles. The van der Waals surface area contributed by atoms with E-state index in [-0.39, 0.29) is 11.7 Å². The van der Waals surface area contributed by atoms with Gasteiger partial charge in [-0.1, -0.05) is 22.0 Å². The zero-order valence-electron chi connectivity index (χ0n) is 11.7. The number of phenols is 1. The predicted molar refractivity (Wildman–Crippen MR) is 86.8 cm³/mol. The summed E-state index contributed by atoms with van der Waals surface area (Å²) >= 11 is 3.31. The lowest BCUT2D eigenvalue weighted by Crippen LogP contribution is -2.17. The molecule has 2 rings (SSSR count). The fourth-order valence-corrected chi connectivity index (χ4v) is 2.12. The first-order valence-corrected chi connectivity index (χ1v) is 7.16. The number of aryl methyl sites for hydroxylation is 2. The molecule has 0 unspecified atom stereocenters. The third-order valence-electron chi connectivity index (χ3n) is 3.13. The number of aromatic hydroxyl groups is 1. The van der Waals surface area contributed by atoms with Crippen LogP contribution in [0.5, 0.6) is 5.75 Å². The van der Waals surface area contributed by atoms with Gasteiger partial charge in [-0.25, -0.2) is 5.43 Å². The maximum absolute atomic E-state index is 12.0. The SMILES string of the molecule is Cc1ccc(C(=O)N/N=C/c2cc(Br)ccc2O)cc1C. The Kier molecular flexibility index (Phi) is 4.75. The molecule has 0 aliphatic carbocycles. The molecule has 4 nitrogen and oxygen atoms in total. The first-order chi connectivity index (χ1) is 9.97. The second-order valence-electron chi connectivity index (χ2n) is 4.70. The van der Waals surface area contributed by atoms with Crippen molar-refractivity contribution in [3.63, 3.8) is 0 Å². The van der Waals surface area contributed by atoms with Gasteiger partial charge in [0.05, 0.1) is 6.21 Å². The van der Waals surface area contributed by atoms with Gasteiger partial charge in [-0.2, -0.15) is 5.10 Å². The Morgan fingerprint density at radius 1 is 1.19 bits per heavy atom. The van der Waals surface area contributed by atoms with E-state index in [0.29, 0.717) is 11.1 Å². The van der Waals surface area contributed by atoms with E-state index in [4.69, 9.17) is 0 Å². The molecule has 2 N–H and O–H groups in total. The average Bonchev–Trinajstić information content (AvgIpc) is 2.45. The molecule has 108 valence electrons. The van der Waals surface area contributed by atoms with Crippen molar-refractivity contribution < 1.29 is 9.90 Å². The molecule has 0 bridgehead atoms. The molecule has 0 saturated heterocycles. The monoisotopic (exact) mass is 346 g/mol. The standard InChI is InChI=1S/C16H15BrN2O2/c1-10-3-4-12(7-11(10)2)16(21)19-18-9-13-8-14(17)5-6-15(13)20/h3-9,20H,1-2H3,(H,19,21)/b18-9+. The number of amides is 1. The quantitative estimate of drug-likeness (QED) is 0.659. The van der Waals surface area contributed by atoms with E-state index in [2.05, 4.69) is 26.5 Å². The minimum absolute atomic E-state index is 0.0994. The highest BCUT2D eigenvalue weighted by atomic mass is 79.9. The van der Waals surface area contributed by atoms with Crippen LogP contribution in [0.1, 0.15) is 27.0 Å². The Balaban J connectivity index is 2.08. The Morgan fingerprint density at radius 2 is 1.95 bits per heavy atom. The average molecular weight is 347 g/mol. The summed E-state index contributed by atoms with van der Waals surface area (Å²) in [4.78, 5) is 12.0. The van der Waals surface area contributed by atoms with Crippen LogP contribution in [0.25, 0.3) is 0 Å². The molecule has 0 saturated carbocycles. The number of nitrogens with zero attached hydrogens (tertiary/aromatic N) is 1. The van der Waals surface area contributed by atoms with Gasteiger partial charge in [-0.15, -0.1) is 0 Å². The zero-order valence-corrected chi connectivity index (χ0v) is 13.3. The van der Waals surface area contributed by atoms with Crippen molar-refractivity contribution >= 4 is 28.1 Å².